The van der Waals surface area contributed by atoms with Gasteiger partial charge < -0.3 is 15.4 Å². The number of ether oxygens (including phenoxy) is 1. The highest BCUT2D eigenvalue weighted by molar-refractivity contribution is 5.81. The molecule has 2 unspecified atom stereocenters. The maximum Gasteiger partial charge on any atom is 0.237 e. The van der Waals surface area contributed by atoms with E-state index in [-0.39, 0.29) is 18.0 Å². The molecule has 0 aromatic rings. The van der Waals surface area contributed by atoms with E-state index in [1.165, 1.54) is 0 Å². The van der Waals surface area contributed by atoms with Crippen LogP contribution in [0.3, 0.4) is 0 Å². The zero-order valence-electron chi connectivity index (χ0n) is 9.88. The second kappa shape index (κ2) is 6.08. The number of amides is 1. The predicted octanol–water partition coefficient (Wildman–Crippen LogP) is 0.668. The number of methoxy groups -OCH3 is 1. The van der Waals surface area contributed by atoms with E-state index in [2.05, 4.69) is 17.6 Å². The van der Waals surface area contributed by atoms with Crippen molar-refractivity contribution in [2.45, 2.75) is 51.2 Å². The number of hydrogen-bond acceptors (Lipinski definition) is 3. The first-order valence-electron chi connectivity index (χ1n) is 5.72. The summed E-state index contributed by atoms with van der Waals surface area (Å²) in [7, 11) is 1.68. The maximum absolute atomic E-state index is 11.6. The summed E-state index contributed by atoms with van der Waals surface area (Å²) in [6.45, 7) is 4.63. The SMILES string of the molecule is CCC(COC)NC(C)C(=O)NC1CC1. The van der Waals surface area contributed by atoms with Crippen LogP contribution in [0.5, 0.6) is 0 Å². The summed E-state index contributed by atoms with van der Waals surface area (Å²) in [4.78, 5) is 11.6. The minimum absolute atomic E-state index is 0.104. The van der Waals surface area contributed by atoms with Gasteiger partial charge in [-0.25, -0.2) is 0 Å². The van der Waals surface area contributed by atoms with E-state index in [1.54, 1.807) is 7.11 Å². The molecule has 88 valence electrons. The summed E-state index contributed by atoms with van der Waals surface area (Å²) in [5, 5.41) is 6.25. The molecule has 2 N–H and O–H groups in total. The van der Waals surface area contributed by atoms with Gasteiger partial charge in [0.1, 0.15) is 0 Å². The lowest BCUT2D eigenvalue weighted by atomic mass is 10.2. The minimum atomic E-state index is -0.134. The first-order valence-corrected chi connectivity index (χ1v) is 5.72. The predicted molar refractivity (Wildman–Crippen MR) is 59.7 cm³/mol. The average Bonchev–Trinajstić information content (AvgIpc) is 3.00. The highest BCUT2D eigenvalue weighted by atomic mass is 16.5. The van der Waals surface area contributed by atoms with Crippen LogP contribution in [0.1, 0.15) is 33.1 Å². The number of rotatable bonds is 7. The highest BCUT2D eigenvalue weighted by Gasteiger charge is 2.26. The Kier molecular flexibility index (Phi) is 5.05. The van der Waals surface area contributed by atoms with E-state index in [4.69, 9.17) is 4.74 Å². The van der Waals surface area contributed by atoms with Gasteiger partial charge in [0, 0.05) is 19.2 Å². The molecule has 0 heterocycles. The second-order valence-electron chi connectivity index (χ2n) is 4.23. The van der Waals surface area contributed by atoms with Crippen LogP contribution in [-0.4, -0.2) is 37.7 Å². The molecule has 0 aromatic heterocycles. The van der Waals surface area contributed by atoms with Crippen molar-refractivity contribution < 1.29 is 9.53 Å². The molecule has 0 bridgehead atoms. The Bertz CT molecular complexity index is 205. The van der Waals surface area contributed by atoms with Crippen molar-refractivity contribution in [3.63, 3.8) is 0 Å². The molecule has 1 aliphatic rings. The van der Waals surface area contributed by atoms with Gasteiger partial charge in [0.05, 0.1) is 12.6 Å². The molecule has 0 spiro atoms. The zero-order valence-corrected chi connectivity index (χ0v) is 9.88. The Balaban J connectivity index is 2.24. The first-order chi connectivity index (χ1) is 7.17. The van der Waals surface area contributed by atoms with Gasteiger partial charge in [-0.15, -0.1) is 0 Å². The number of nitrogens with one attached hydrogen (secondary N) is 2. The molecule has 0 radical (unpaired) electrons. The lowest BCUT2D eigenvalue weighted by Gasteiger charge is -2.21. The van der Waals surface area contributed by atoms with E-state index in [1.807, 2.05) is 6.92 Å². The van der Waals surface area contributed by atoms with Crippen LogP contribution < -0.4 is 10.6 Å². The average molecular weight is 214 g/mol. The fourth-order valence-electron chi connectivity index (χ4n) is 1.47. The molecule has 4 nitrogen and oxygen atoms in total. The Morgan fingerprint density at radius 1 is 1.53 bits per heavy atom. The summed E-state index contributed by atoms with van der Waals surface area (Å²) < 4.78 is 5.07. The zero-order chi connectivity index (χ0) is 11.3. The van der Waals surface area contributed by atoms with Crippen LogP contribution in [0.2, 0.25) is 0 Å². The van der Waals surface area contributed by atoms with Crippen LogP contribution in [-0.2, 0) is 9.53 Å². The number of carbonyl (C=O) groups is 1. The molecule has 1 rings (SSSR count). The molecule has 1 amide bonds. The van der Waals surface area contributed by atoms with Crippen LogP contribution in [0.4, 0.5) is 0 Å². The van der Waals surface area contributed by atoms with E-state index in [9.17, 15) is 4.79 Å². The van der Waals surface area contributed by atoms with Gasteiger partial charge in [-0.3, -0.25) is 4.79 Å². The first kappa shape index (κ1) is 12.5. The molecule has 15 heavy (non-hydrogen) atoms. The second-order valence-corrected chi connectivity index (χ2v) is 4.23. The molecule has 0 aromatic carbocycles. The molecule has 1 aliphatic carbocycles. The van der Waals surface area contributed by atoms with Crippen molar-refractivity contribution in [2.75, 3.05) is 13.7 Å². The summed E-state index contributed by atoms with van der Waals surface area (Å²) in [6, 6.07) is 0.560. The normalized spacial score (nSPS) is 19.7. The highest BCUT2D eigenvalue weighted by Crippen LogP contribution is 2.18. The molecule has 0 saturated heterocycles. The number of carbonyl (C=O) groups excluding carboxylic acids is 1. The Hall–Kier alpha value is -0.610. The van der Waals surface area contributed by atoms with Gasteiger partial charge in [-0.05, 0) is 26.2 Å². The van der Waals surface area contributed by atoms with E-state index in [0.717, 1.165) is 19.3 Å². The third-order valence-electron chi connectivity index (χ3n) is 2.66. The fourth-order valence-corrected chi connectivity index (χ4v) is 1.47. The Morgan fingerprint density at radius 3 is 2.67 bits per heavy atom. The quantitative estimate of drug-likeness (QED) is 0.655. The summed E-state index contributed by atoms with van der Waals surface area (Å²) in [6.07, 6.45) is 3.23. The largest absolute Gasteiger partial charge is 0.383 e. The van der Waals surface area contributed by atoms with E-state index >= 15 is 0 Å². The van der Waals surface area contributed by atoms with Gasteiger partial charge in [-0.2, -0.15) is 0 Å². The Morgan fingerprint density at radius 2 is 2.20 bits per heavy atom. The van der Waals surface area contributed by atoms with E-state index in [0.29, 0.717) is 12.6 Å². The number of hydrogen-bond donors (Lipinski definition) is 2. The monoisotopic (exact) mass is 214 g/mol. The third-order valence-corrected chi connectivity index (χ3v) is 2.66. The summed E-state index contributed by atoms with van der Waals surface area (Å²) in [5.74, 6) is 0.104. The standard InChI is InChI=1S/C11H22N2O2/c1-4-9(7-15-3)12-8(2)11(14)13-10-5-6-10/h8-10,12H,4-7H2,1-3H3,(H,13,14). The van der Waals surface area contributed by atoms with Crippen LogP contribution in [0.25, 0.3) is 0 Å². The van der Waals surface area contributed by atoms with Gasteiger partial charge in [0.25, 0.3) is 0 Å². The van der Waals surface area contributed by atoms with Crippen molar-refractivity contribution in [2.24, 2.45) is 0 Å². The smallest absolute Gasteiger partial charge is 0.237 e. The van der Waals surface area contributed by atoms with Gasteiger partial charge >= 0.3 is 0 Å². The molecular formula is C11H22N2O2. The fraction of sp³-hybridized carbons (Fsp3) is 0.909. The van der Waals surface area contributed by atoms with E-state index < -0.39 is 0 Å². The van der Waals surface area contributed by atoms with Crippen LogP contribution in [0, 0.1) is 0 Å². The molecule has 1 saturated carbocycles. The van der Waals surface area contributed by atoms with Crippen LogP contribution in [0.15, 0.2) is 0 Å². The molecule has 2 atom stereocenters. The van der Waals surface area contributed by atoms with Gasteiger partial charge in [0.15, 0.2) is 0 Å². The summed E-state index contributed by atoms with van der Waals surface area (Å²) >= 11 is 0. The van der Waals surface area contributed by atoms with Gasteiger partial charge in [-0.1, -0.05) is 6.92 Å². The van der Waals surface area contributed by atoms with Crippen molar-refractivity contribution in [3.8, 4) is 0 Å². The molecule has 4 heteroatoms. The molecular weight excluding hydrogens is 192 g/mol. The molecule has 0 aliphatic heterocycles. The summed E-state index contributed by atoms with van der Waals surface area (Å²) in [5.41, 5.74) is 0. The van der Waals surface area contributed by atoms with Crippen molar-refractivity contribution >= 4 is 5.91 Å². The topological polar surface area (TPSA) is 50.4 Å². The van der Waals surface area contributed by atoms with Crippen molar-refractivity contribution in [3.05, 3.63) is 0 Å². The minimum Gasteiger partial charge on any atom is -0.383 e. The van der Waals surface area contributed by atoms with Gasteiger partial charge in [0.2, 0.25) is 5.91 Å². The van der Waals surface area contributed by atoms with Crippen molar-refractivity contribution in [1.29, 1.82) is 0 Å². The third kappa shape index (κ3) is 4.62. The Labute approximate surface area is 91.8 Å². The maximum atomic E-state index is 11.6. The van der Waals surface area contributed by atoms with Crippen LogP contribution >= 0.6 is 0 Å². The van der Waals surface area contributed by atoms with Crippen molar-refractivity contribution in [1.82, 2.24) is 10.6 Å². The molecule has 1 fully saturated rings. The lowest BCUT2D eigenvalue weighted by molar-refractivity contribution is -0.123. The lowest BCUT2D eigenvalue weighted by Crippen LogP contribution is -2.48.